The molecule has 0 unspecified atom stereocenters. The average molecular weight is 230 g/mol. The van der Waals surface area contributed by atoms with Gasteiger partial charge in [0.2, 0.25) is 5.88 Å². The lowest BCUT2D eigenvalue weighted by Crippen LogP contribution is -2.21. The van der Waals surface area contributed by atoms with Crippen molar-refractivity contribution >= 4 is 17.4 Å². The van der Waals surface area contributed by atoms with Gasteiger partial charge in [-0.25, -0.2) is 0 Å². The standard InChI is InChI=1S/C10H16ClN3O/c1-3-6-15-10-8-12-7-9(13-10)14(2)5-4-11/h7-8H,3-6H2,1-2H3. The summed E-state index contributed by atoms with van der Waals surface area (Å²) in [5.41, 5.74) is 0. The molecule has 0 aliphatic rings. The zero-order valence-electron chi connectivity index (χ0n) is 9.11. The molecule has 0 radical (unpaired) electrons. The molecule has 0 saturated carbocycles. The molecule has 5 heteroatoms. The van der Waals surface area contributed by atoms with Crippen LogP contribution < -0.4 is 9.64 Å². The maximum atomic E-state index is 5.65. The van der Waals surface area contributed by atoms with Crippen LogP contribution in [0, 0.1) is 0 Å². The molecular weight excluding hydrogens is 214 g/mol. The predicted octanol–water partition coefficient (Wildman–Crippen LogP) is 1.94. The van der Waals surface area contributed by atoms with E-state index in [0.29, 0.717) is 18.4 Å². The third kappa shape index (κ3) is 3.91. The summed E-state index contributed by atoms with van der Waals surface area (Å²) >= 11 is 5.65. The second-order valence-corrected chi connectivity index (χ2v) is 3.55. The summed E-state index contributed by atoms with van der Waals surface area (Å²) in [6, 6.07) is 0. The molecular formula is C10H16ClN3O. The van der Waals surface area contributed by atoms with Crippen LogP contribution in [0.5, 0.6) is 5.88 Å². The van der Waals surface area contributed by atoms with Crippen LogP contribution in [0.25, 0.3) is 0 Å². The van der Waals surface area contributed by atoms with Crippen molar-refractivity contribution in [3.63, 3.8) is 0 Å². The van der Waals surface area contributed by atoms with Gasteiger partial charge in [0.05, 0.1) is 19.0 Å². The molecule has 84 valence electrons. The van der Waals surface area contributed by atoms with Gasteiger partial charge in [-0.1, -0.05) is 6.92 Å². The molecule has 1 rings (SSSR count). The SMILES string of the molecule is CCCOc1cncc(N(C)CCCl)n1. The van der Waals surface area contributed by atoms with Gasteiger partial charge in [-0.05, 0) is 6.42 Å². The first-order valence-corrected chi connectivity index (χ1v) is 5.53. The zero-order chi connectivity index (χ0) is 11.1. The number of hydrogen-bond acceptors (Lipinski definition) is 4. The van der Waals surface area contributed by atoms with E-state index in [9.17, 15) is 0 Å². The van der Waals surface area contributed by atoms with Gasteiger partial charge in [0.1, 0.15) is 0 Å². The maximum Gasteiger partial charge on any atom is 0.234 e. The second-order valence-electron chi connectivity index (χ2n) is 3.17. The maximum absolute atomic E-state index is 5.65. The van der Waals surface area contributed by atoms with Gasteiger partial charge >= 0.3 is 0 Å². The monoisotopic (exact) mass is 229 g/mol. The topological polar surface area (TPSA) is 38.2 Å². The fourth-order valence-corrected chi connectivity index (χ4v) is 1.29. The summed E-state index contributed by atoms with van der Waals surface area (Å²) in [6.45, 7) is 3.46. The summed E-state index contributed by atoms with van der Waals surface area (Å²) in [7, 11) is 1.93. The average Bonchev–Trinajstić information content (AvgIpc) is 2.27. The fourth-order valence-electron chi connectivity index (χ4n) is 1.04. The lowest BCUT2D eigenvalue weighted by molar-refractivity contribution is 0.304. The number of nitrogens with zero attached hydrogens (tertiary/aromatic N) is 3. The van der Waals surface area contributed by atoms with Gasteiger partial charge in [-0.15, -0.1) is 11.6 Å². The Hall–Kier alpha value is -1.03. The van der Waals surface area contributed by atoms with Gasteiger partial charge in [0.25, 0.3) is 0 Å². The highest BCUT2D eigenvalue weighted by Gasteiger charge is 2.03. The van der Waals surface area contributed by atoms with Gasteiger partial charge < -0.3 is 9.64 Å². The van der Waals surface area contributed by atoms with Crippen LogP contribution in [0.2, 0.25) is 0 Å². The van der Waals surface area contributed by atoms with E-state index in [1.165, 1.54) is 0 Å². The van der Waals surface area contributed by atoms with Gasteiger partial charge in [0.15, 0.2) is 5.82 Å². The van der Waals surface area contributed by atoms with Crippen molar-refractivity contribution in [2.75, 3.05) is 31.0 Å². The van der Waals surface area contributed by atoms with E-state index in [0.717, 1.165) is 18.8 Å². The number of anilines is 1. The Bertz CT molecular complexity index is 296. The van der Waals surface area contributed by atoms with E-state index in [4.69, 9.17) is 16.3 Å². The summed E-state index contributed by atoms with van der Waals surface area (Å²) in [5.74, 6) is 1.91. The van der Waals surface area contributed by atoms with Crippen LogP contribution in [-0.4, -0.2) is 36.0 Å². The van der Waals surface area contributed by atoms with Crippen molar-refractivity contribution in [2.45, 2.75) is 13.3 Å². The predicted molar refractivity (Wildman–Crippen MR) is 61.8 cm³/mol. The molecule has 4 nitrogen and oxygen atoms in total. The Labute approximate surface area is 95.2 Å². The summed E-state index contributed by atoms with van der Waals surface area (Å²) in [6.07, 6.45) is 4.28. The van der Waals surface area contributed by atoms with E-state index >= 15 is 0 Å². The molecule has 0 spiro atoms. The molecule has 15 heavy (non-hydrogen) atoms. The number of halogens is 1. The van der Waals surface area contributed by atoms with Crippen LogP contribution in [0.1, 0.15) is 13.3 Å². The second kappa shape index (κ2) is 6.45. The van der Waals surface area contributed by atoms with Crippen LogP contribution in [0.15, 0.2) is 12.4 Å². The highest BCUT2D eigenvalue weighted by atomic mass is 35.5. The smallest absolute Gasteiger partial charge is 0.234 e. The lowest BCUT2D eigenvalue weighted by atomic mass is 10.5. The molecule has 0 atom stereocenters. The van der Waals surface area contributed by atoms with Gasteiger partial charge in [-0.3, -0.25) is 4.98 Å². The largest absolute Gasteiger partial charge is 0.477 e. The quantitative estimate of drug-likeness (QED) is 0.699. The van der Waals surface area contributed by atoms with E-state index < -0.39 is 0 Å². The first-order chi connectivity index (χ1) is 7.27. The minimum Gasteiger partial charge on any atom is -0.477 e. The summed E-state index contributed by atoms with van der Waals surface area (Å²) in [5, 5.41) is 0. The Morgan fingerprint density at radius 3 is 2.93 bits per heavy atom. The van der Waals surface area contributed by atoms with Gasteiger partial charge in [-0.2, -0.15) is 4.98 Å². The van der Waals surface area contributed by atoms with Crippen molar-refractivity contribution < 1.29 is 4.74 Å². The number of rotatable bonds is 6. The Morgan fingerprint density at radius 2 is 2.27 bits per heavy atom. The first kappa shape index (κ1) is 12.0. The third-order valence-electron chi connectivity index (χ3n) is 1.86. The highest BCUT2D eigenvalue weighted by Crippen LogP contribution is 2.12. The normalized spacial score (nSPS) is 10.1. The molecule has 1 aromatic heterocycles. The Balaban J connectivity index is 2.64. The fraction of sp³-hybridized carbons (Fsp3) is 0.600. The van der Waals surface area contributed by atoms with Crippen molar-refractivity contribution in [3.05, 3.63) is 12.4 Å². The van der Waals surface area contributed by atoms with Crippen molar-refractivity contribution in [3.8, 4) is 5.88 Å². The van der Waals surface area contributed by atoms with Gasteiger partial charge in [0, 0.05) is 19.5 Å². The molecule has 1 aromatic rings. The van der Waals surface area contributed by atoms with Crippen molar-refractivity contribution in [1.82, 2.24) is 9.97 Å². The molecule has 0 N–H and O–H groups in total. The third-order valence-corrected chi connectivity index (χ3v) is 2.03. The zero-order valence-corrected chi connectivity index (χ0v) is 9.87. The van der Waals surface area contributed by atoms with E-state index in [1.807, 2.05) is 11.9 Å². The first-order valence-electron chi connectivity index (χ1n) is 5.00. The molecule has 0 fully saturated rings. The van der Waals surface area contributed by atoms with Crippen LogP contribution in [0.4, 0.5) is 5.82 Å². The van der Waals surface area contributed by atoms with Crippen LogP contribution in [0.3, 0.4) is 0 Å². The van der Waals surface area contributed by atoms with Crippen LogP contribution >= 0.6 is 11.6 Å². The number of aromatic nitrogens is 2. The van der Waals surface area contributed by atoms with Crippen molar-refractivity contribution in [2.24, 2.45) is 0 Å². The lowest BCUT2D eigenvalue weighted by Gasteiger charge is -2.16. The molecule has 0 amide bonds. The summed E-state index contributed by atoms with van der Waals surface area (Å²) in [4.78, 5) is 10.3. The Morgan fingerprint density at radius 1 is 1.47 bits per heavy atom. The van der Waals surface area contributed by atoms with E-state index in [2.05, 4.69) is 16.9 Å². The van der Waals surface area contributed by atoms with E-state index in [-0.39, 0.29) is 0 Å². The summed E-state index contributed by atoms with van der Waals surface area (Å²) < 4.78 is 5.39. The molecule has 0 bridgehead atoms. The Kier molecular flexibility index (Phi) is 5.18. The van der Waals surface area contributed by atoms with Crippen molar-refractivity contribution in [1.29, 1.82) is 0 Å². The molecule has 0 aliphatic carbocycles. The molecule has 0 aliphatic heterocycles. The molecule has 0 saturated heterocycles. The number of hydrogen-bond donors (Lipinski definition) is 0. The minimum atomic E-state index is 0.566. The number of alkyl halides is 1. The number of ether oxygens (including phenoxy) is 1. The van der Waals surface area contributed by atoms with E-state index in [1.54, 1.807) is 12.4 Å². The minimum absolute atomic E-state index is 0.566. The van der Waals surface area contributed by atoms with Crippen LogP contribution in [-0.2, 0) is 0 Å². The highest BCUT2D eigenvalue weighted by molar-refractivity contribution is 6.18. The molecule has 0 aromatic carbocycles. The molecule has 1 heterocycles.